The Bertz CT molecular complexity index is 2850. The number of nitro groups is 1. The minimum Gasteiger partial charge on any atom is -0.497 e. The number of unbranched alkanes of at least 4 members (excludes halogenated alkanes) is 2. The van der Waals surface area contributed by atoms with Crippen molar-refractivity contribution in [1.29, 1.82) is 0 Å². The van der Waals surface area contributed by atoms with Crippen molar-refractivity contribution in [2.45, 2.75) is 82.8 Å². The van der Waals surface area contributed by atoms with Gasteiger partial charge in [0.1, 0.15) is 35.6 Å². The van der Waals surface area contributed by atoms with Gasteiger partial charge in [-0.3, -0.25) is 20.3 Å². The number of fused-ring (bicyclic) bond motifs is 3. The van der Waals surface area contributed by atoms with Gasteiger partial charge in [-0.15, -0.1) is 6.58 Å². The number of aliphatic hydroxyl groups is 2. The fourth-order valence-corrected chi connectivity index (χ4v) is 10.9. The smallest absolute Gasteiger partial charge is 0.417 e. The molecule has 0 bridgehead atoms. The Hall–Kier alpha value is -7.47. The second-order valence-corrected chi connectivity index (χ2v) is 18.5. The lowest BCUT2D eigenvalue weighted by Gasteiger charge is -2.59. The Morgan fingerprint density at radius 1 is 0.932 bits per heavy atom. The van der Waals surface area contributed by atoms with Crippen molar-refractivity contribution in [2.24, 2.45) is 22.9 Å². The molecule has 1 aliphatic heterocycles. The van der Waals surface area contributed by atoms with Crippen molar-refractivity contribution in [3.05, 3.63) is 154 Å². The van der Waals surface area contributed by atoms with E-state index in [0.29, 0.717) is 72.7 Å². The van der Waals surface area contributed by atoms with Crippen LogP contribution in [0.2, 0.25) is 0 Å². The fourth-order valence-electron chi connectivity index (χ4n) is 10.9. The number of hydrogen-bond acceptors (Lipinski definition) is 14. The maximum Gasteiger partial charge on any atom is 0.417 e. The van der Waals surface area contributed by atoms with Crippen LogP contribution in [0.25, 0.3) is 10.8 Å². The summed E-state index contributed by atoms with van der Waals surface area (Å²) in [6.07, 6.45) is 6.49. The van der Waals surface area contributed by atoms with Crippen molar-refractivity contribution >= 4 is 40.0 Å². The first kappa shape index (κ1) is 52.8. The molecule has 2 aliphatic carbocycles. The molecule has 5 aromatic carbocycles. The van der Waals surface area contributed by atoms with E-state index in [-0.39, 0.29) is 69.3 Å². The van der Waals surface area contributed by atoms with Crippen LogP contribution in [0, 0.1) is 27.9 Å². The Labute approximate surface area is 430 Å². The third kappa shape index (κ3) is 11.5. The van der Waals surface area contributed by atoms with Gasteiger partial charge in [0.05, 0.1) is 56.2 Å². The summed E-state index contributed by atoms with van der Waals surface area (Å²) in [5.41, 5.74) is 3.87. The van der Waals surface area contributed by atoms with Crippen LogP contribution in [0.5, 0.6) is 23.0 Å². The number of nitro benzene ring substituents is 1. The predicted octanol–water partition coefficient (Wildman–Crippen LogP) is 10.9. The van der Waals surface area contributed by atoms with Crippen molar-refractivity contribution in [3.8, 4) is 23.0 Å². The molecular weight excluding hydrogens is 949 g/mol. The molecular formula is C57H64N4O13. The van der Waals surface area contributed by atoms with E-state index in [0.717, 1.165) is 27.5 Å². The highest BCUT2D eigenvalue weighted by molar-refractivity contribution is 6.03. The highest BCUT2D eigenvalue weighted by Gasteiger charge is 2.66. The monoisotopic (exact) mass is 1010 g/mol. The molecule has 1 heterocycles. The number of non-ortho nitro benzene ring substituents is 1. The summed E-state index contributed by atoms with van der Waals surface area (Å²) < 4.78 is 37.4. The maximum atomic E-state index is 14.9. The van der Waals surface area contributed by atoms with Crippen LogP contribution >= 0.6 is 0 Å². The fraction of sp³-hybridized carbons (Fsp3) is 0.386. The highest BCUT2D eigenvalue weighted by Crippen LogP contribution is 2.62. The van der Waals surface area contributed by atoms with Crippen LogP contribution in [0.1, 0.15) is 74.5 Å². The molecule has 3 N–H and O–H groups in total. The van der Waals surface area contributed by atoms with Crippen LogP contribution < -0.4 is 24.3 Å². The highest BCUT2D eigenvalue weighted by atomic mass is 16.7. The lowest BCUT2D eigenvalue weighted by molar-refractivity contribution is -0.384. The molecule has 74 heavy (non-hydrogen) atoms. The quantitative estimate of drug-likeness (QED) is 0.0241. The van der Waals surface area contributed by atoms with Gasteiger partial charge in [0.25, 0.3) is 5.69 Å². The van der Waals surface area contributed by atoms with Crippen LogP contribution in [-0.2, 0) is 27.5 Å². The number of anilines is 1. The average Bonchev–Trinajstić information content (AvgIpc) is 3.41. The number of carbonyl (C=O) groups excluding carboxylic acids is 2. The molecule has 17 nitrogen and oxygen atoms in total. The molecule has 2 amide bonds. The van der Waals surface area contributed by atoms with Crippen molar-refractivity contribution in [1.82, 2.24) is 4.90 Å². The first-order valence-electron chi connectivity index (χ1n) is 25.1. The normalized spacial score (nSPS) is 21.0. The van der Waals surface area contributed by atoms with Crippen LogP contribution in [0.4, 0.5) is 21.0 Å². The van der Waals surface area contributed by atoms with Gasteiger partial charge in [0.2, 0.25) is 5.79 Å². The molecule has 1 fully saturated rings. The standard InChI is InChI=1S/C57H64N4O13/c1-5-30-71-57-52(60(56(65)70-6-2)35-40-17-13-16-38-14-7-8-18-44(38)40)34-49(59-72-36-37-20-22-41(23-21-37)61(66)67)46-31-39(15-9-11-28-62)45(19-10-12-29-63)53(54(46)57)47-32-43(25-27-50(47)74-57)73-55(64)58-48-26-24-42(68-3)33-51(48)69-4/h5,7-8,13-14,16-18,20-27,31-33,39,45,52-54,62-63H,1,6,9-12,15,19,28-30,34-36H2,2-4H3,(H,58,64)/t39-,45+,52-,53+,54+,57+/m0/s1. The van der Waals surface area contributed by atoms with Gasteiger partial charge in [-0.1, -0.05) is 72.6 Å². The summed E-state index contributed by atoms with van der Waals surface area (Å²) in [4.78, 5) is 47.5. The molecule has 0 spiro atoms. The Kier molecular flexibility index (Phi) is 17.5. The Morgan fingerprint density at radius 3 is 2.42 bits per heavy atom. The number of rotatable bonds is 23. The Morgan fingerprint density at radius 2 is 1.69 bits per heavy atom. The minimum absolute atomic E-state index is 0.00287. The number of allylic oxidation sites excluding steroid dienone is 1. The average molecular weight is 1010 g/mol. The van der Waals surface area contributed by atoms with Gasteiger partial charge in [-0.05, 0) is 114 Å². The van der Waals surface area contributed by atoms with Gasteiger partial charge in [-0.25, -0.2) is 9.59 Å². The molecule has 0 unspecified atom stereocenters. The van der Waals surface area contributed by atoms with E-state index in [4.69, 9.17) is 38.4 Å². The number of methoxy groups -OCH3 is 2. The van der Waals surface area contributed by atoms with Gasteiger partial charge in [0, 0.05) is 49.3 Å². The summed E-state index contributed by atoms with van der Waals surface area (Å²) in [6.45, 7) is 6.02. The summed E-state index contributed by atoms with van der Waals surface area (Å²) in [6, 6.07) is 29.3. The number of benzene rings is 5. The molecule has 8 rings (SSSR count). The number of ether oxygens (including phenoxy) is 6. The molecule has 5 aromatic rings. The zero-order valence-electron chi connectivity index (χ0n) is 42.0. The van der Waals surface area contributed by atoms with E-state index in [2.05, 4.69) is 18.0 Å². The van der Waals surface area contributed by atoms with Gasteiger partial charge in [0.15, 0.2) is 0 Å². The van der Waals surface area contributed by atoms with Gasteiger partial charge < -0.3 is 43.5 Å². The summed E-state index contributed by atoms with van der Waals surface area (Å²) >= 11 is 0. The first-order valence-corrected chi connectivity index (χ1v) is 25.1. The lowest BCUT2D eigenvalue weighted by atomic mass is 9.55. The number of amides is 2. The molecule has 1 saturated carbocycles. The largest absolute Gasteiger partial charge is 0.497 e. The minimum atomic E-state index is -1.62. The third-order valence-electron chi connectivity index (χ3n) is 14.2. The second kappa shape index (κ2) is 24.5. The van der Waals surface area contributed by atoms with Crippen molar-refractivity contribution < 1.29 is 58.0 Å². The van der Waals surface area contributed by atoms with Crippen LogP contribution in [-0.4, -0.2) is 90.4 Å². The first-order chi connectivity index (χ1) is 36.1. The predicted molar refractivity (Wildman–Crippen MR) is 279 cm³/mol. The number of hydrogen-bond donors (Lipinski definition) is 3. The van der Waals surface area contributed by atoms with E-state index in [1.54, 1.807) is 60.4 Å². The number of nitrogens with zero attached hydrogens (tertiary/aromatic N) is 3. The molecule has 390 valence electrons. The van der Waals surface area contributed by atoms with E-state index in [1.807, 2.05) is 48.5 Å². The summed E-state index contributed by atoms with van der Waals surface area (Å²) in [7, 11) is 3.02. The van der Waals surface area contributed by atoms with Gasteiger partial charge in [-0.2, -0.15) is 0 Å². The Balaban J connectivity index is 1.31. The second-order valence-electron chi connectivity index (χ2n) is 18.5. The molecule has 0 saturated heterocycles. The summed E-state index contributed by atoms with van der Waals surface area (Å²) in [5, 5.41) is 41.2. The molecule has 0 aromatic heterocycles. The van der Waals surface area contributed by atoms with Gasteiger partial charge >= 0.3 is 12.2 Å². The third-order valence-corrected chi connectivity index (χ3v) is 14.2. The number of aliphatic hydroxyl groups excluding tert-OH is 2. The van der Waals surface area contributed by atoms with E-state index in [9.17, 15) is 29.9 Å². The zero-order chi connectivity index (χ0) is 52.2. The molecule has 0 radical (unpaired) electrons. The molecule has 17 heteroatoms. The number of oxime groups is 1. The van der Waals surface area contributed by atoms with E-state index < -0.39 is 40.8 Å². The zero-order valence-corrected chi connectivity index (χ0v) is 42.0. The van der Waals surface area contributed by atoms with E-state index in [1.165, 1.54) is 26.4 Å². The van der Waals surface area contributed by atoms with E-state index >= 15 is 0 Å². The maximum absolute atomic E-state index is 14.9. The lowest BCUT2D eigenvalue weighted by Crippen LogP contribution is -2.70. The van der Waals surface area contributed by atoms with Crippen molar-refractivity contribution in [3.63, 3.8) is 0 Å². The topological polar surface area (TPSA) is 210 Å². The number of carbonyl (C=O) groups is 2. The molecule has 6 atom stereocenters. The SMILES string of the molecule is C=CCO[C@@]12Oc3ccc(OC(=O)Nc4ccc(OC)cc4OC)cc3[C@H]3[C@H](CCCCO)[C@@H](CCCCO)C=C(C(=NOCc4ccc([N+](=O)[O-])cc4)C[C@@H]1N(Cc1cccc4ccccc14)C(=O)OCC)[C@H]32. The van der Waals surface area contributed by atoms with Crippen molar-refractivity contribution in [2.75, 3.05) is 46.0 Å². The number of nitrogens with one attached hydrogen (secondary N) is 1. The molecule has 3 aliphatic rings. The van der Waals surface area contributed by atoms with Crippen LogP contribution in [0.3, 0.4) is 0 Å². The van der Waals surface area contributed by atoms with Crippen LogP contribution in [0.15, 0.2) is 133 Å². The summed E-state index contributed by atoms with van der Waals surface area (Å²) in [5.74, 6) is -1.39.